The number of hydrogen-bond donors (Lipinski definition) is 5. The Morgan fingerprint density at radius 3 is 1.72 bits per heavy atom. The smallest absolute Gasteiger partial charge is 0.463 e. The third-order valence-corrected chi connectivity index (χ3v) is 10.4. The number of hydrogen-bond acceptors (Lipinski definition) is 10. The van der Waals surface area contributed by atoms with Crippen molar-refractivity contribution < 1.29 is 53.3 Å². The summed E-state index contributed by atoms with van der Waals surface area (Å²) in [6, 6.07) is 0. The van der Waals surface area contributed by atoms with E-state index in [9.17, 15) is 34.4 Å². The molecule has 0 heterocycles. The second kappa shape index (κ2) is 36.2. The summed E-state index contributed by atoms with van der Waals surface area (Å²) in [4.78, 5) is 34.9. The number of ketones is 1. The molecule has 5 atom stereocenters. The zero-order valence-corrected chi connectivity index (χ0v) is 34.2. The lowest BCUT2D eigenvalue weighted by Crippen LogP contribution is -2.33. The highest BCUT2D eigenvalue weighted by atomic mass is 31.2. The summed E-state index contributed by atoms with van der Waals surface area (Å²) >= 11 is 0. The summed E-state index contributed by atoms with van der Waals surface area (Å²) in [7, 11) is -4.73. The molecule has 0 fully saturated rings. The molecule has 12 heteroatoms. The van der Waals surface area contributed by atoms with Crippen LogP contribution < -0.4 is 0 Å². The van der Waals surface area contributed by atoms with Gasteiger partial charge in [-0.05, 0) is 51.0 Å². The van der Waals surface area contributed by atoms with Gasteiger partial charge in [0, 0.05) is 12.3 Å². The van der Waals surface area contributed by atoms with Crippen LogP contribution in [0.1, 0.15) is 174 Å². The lowest BCUT2D eigenvalue weighted by molar-refractivity contribution is -0.147. The molecule has 0 saturated carbocycles. The van der Waals surface area contributed by atoms with Crippen molar-refractivity contribution >= 4 is 19.6 Å². The summed E-state index contributed by atoms with van der Waals surface area (Å²) in [5, 5.41) is 37.0. The van der Waals surface area contributed by atoms with Crippen LogP contribution in [0, 0.1) is 5.92 Å². The van der Waals surface area contributed by atoms with E-state index < -0.39 is 58.5 Å². The molecule has 0 aliphatic rings. The van der Waals surface area contributed by atoms with E-state index in [-0.39, 0.29) is 12.3 Å². The summed E-state index contributed by atoms with van der Waals surface area (Å²) < 4.78 is 26.4. The van der Waals surface area contributed by atoms with E-state index in [1.165, 1.54) is 64.2 Å². The molecule has 0 aromatic rings. The minimum atomic E-state index is -4.73. The van der Waals surface area contributed by atoms with Crippen molar-refractivity contribution in [3.05, 3.63) is 24.3 Å². The number of esters is 1. The van der Waals surface area contributed by atoms with Crippen molar-refractivity contribution in [2.75, 3.05) is 26.4 Å². The molecule has 0 rings (SSSR count). The van der Waals surface area contributed by atoms with Gasteiger partial charge < -0.3 is 30.1 Å². The predicted molar refractivity (Wildman–Crippen MR) is 211 cm³/mol. The van der Waals surface area contributed by atoms with E-state index >= 15 is 0 Å². The van der Waals surface area contributed by atoms with Gasteiger partial charge in [-0.15, -0.1) is 0 Å². The minimum absolute atomic E-state index is 0.128. The average molecular weight is 777 g/mol. The van der Waals surface area contributed by atoms with Crippen LogP contribution in [0.25, 0.3) is 0 Å². The maximum Gasteiger partial charge on any atom is 0.472 e. The molecule has 11 nitrogen and oxygen atoms in total. The third-order valence-electron chi connectivity index (χ3n) is 9.37. The Bertz CT molecular complexity index is 974. The molecular weight excluding hydrogens is 699 g/mol. The van der Waals surface area contributed by atoms with Crippen molar-refractivity contribution in [3.63, 3.8) is 0 Å². The van der Waals surface area contributed by atoms with E-state index in [2.05, 4.69) is 36.6 Å². The molecule has 0 aromatic carbocycles. The monoisotopic (exact) mass is 777 g/mol. The van der Waals surface area contributed by atoms with Crippen LogP contribution in [0.4, 0.5) is 0 Å². The van der Waals surface area contributed by atoms with Crippen molar-refractivity contribution in [1.29, 1.82) is 0 Å². The van der Waals surface area contributed by atoms with Crippen LogP contribution in [0.15, 0.2) is 24.3 Å². The number of aliphatic hydroxyl groups excluding tert-OH is 4. The van der Waals surface area contributed by atoms with Crippen LogP contribution >= 0.6 is 7.82 Å². The normalized spacial score (nSPS) is 15.5. The van der Waals surface area contributed by atoms with E-state index in [1.54, 1.807) is 0 Å². The molecule has 2 unspecified atom stereocenters. The Kier molecular flexibility index (Phi) is 35.2. The number of phosphoric acid groups is 1. The van der Waals surface area contributed by atoms with E-state index in [0.717, 1.165) is 83.5 Å². The number of carbonyl (C=O) groups excluding carboxylic acids is 2. The number of rotatable bonds is 39. The first-order valence-electron chi connectivity index (χ1n) is 20.8. The lowest BCUT2D eigenvalue weighted by atomic mass is 9.90. The topological polar surface area (TPSA) is 180 Å². The minimum Gasteiger partial charge on any atom is -0.463 e. The van der Waals surface area contributed by atoms with Crippen LogP contribution in [0.2, 0.25) is 0 Å². The molecule has 0 bridgehead atoms. The largest absolute Gasteiger partial charge is 0.472 e. The molecule has 0 saturated heterocycles. The van der Waals surface area contributed by atoms with Gasteiger partial charge in [-0.1, -0.05) is 141 Å². The quantitative estimate of drug-likeness (QED) is 0.0132. The molecule has 0 aliphatic heterocycles. The highest BCUT2D eigenvalue weighted by molar-refractivity contribution is 7.47. The van der Waals surface area contributed by atoms with Crippen molar-refractivity contribution in [1.82, 2.24) is 0 Å². The van der Waals surface area contributed by atoms with Gasteiger partial charge in [0.1, 0.15) is 24.9 Å². The van der Waals surface area contributed by atoms with Gasteiger partial charge in [0.15, 0.2) is 5.78 Å². The highest BCUT2D eigenvalue weighted by Crippen LogP contribution is 2.44. The first-order valence-corrected chi connectivity index (χ1v) is 22.3. The summed E-state index contributed by atoms with van der Waals surface area (Å²) in [6.07, 6.45) is 31.2. The van der Waals surface area contributed by atoms with Crippen molar-refractivity contribution in [3.8, 4) is 0 Å². The predicted octanol–water partition coefficient (Wildman–Crippen LogP) is 8.83. The standard InChI is InChI=1S/C41H77O11P/c1-3-5-7-9-10-11-12-13-14-15-19-22-26-30-38(44)36(28-24-8-6-4-2)29-25-21-18-16-17-20-23-27-31-41(47)50-34-37(32-42)52-53(48,49)51-35-40(46)39(45)33-43/h14-15,26,30,36-37,39-40,42-43,45-46H,3-13,16-25,27-29,31-35H2,1-2H3,(H,48,49)/t36?,37-,39+,40+/m0/s1. The van der Waals surface area contributed by atoms with Crippen LogP contribution in [0.3, 0.4) is 0 Å². The molecule has 0 radical (unpaired) electrons. The Morgan fingerprint density at radius 2 is 1.13 bits per heavy atom. The molecule has 312 valence electrons. The van der Waals surface area contributed by atoms with Gasteiger partial charge in [0.2, 0.25) is 0 Å². The lowest BCUT2D eigenvalue weighted by Gasteiger charge is -2.21. The van der Waals surface area contributed by atoms with Gasteiger partial charge in [-0.3, -0.25) is 18.6 Å². The van der Waals surface area contributed by atoms with Crippen molar-refractivity contribution in [2.24, 2.45) is 5.92 Å². The number of phosphoric ester groups is 1. The maximum atomic E-state index is 13.0. The number of unbranched alkanes of at least 4 members (excludes halogenated alkanes) is 18. The Labute approximate surface area is 321 Å². The number of ether oxygens (including phenoxy) is 1. The zero-order valence-electron chi connectivity index (χ0n) is 33.3. The highest BCUT2D eigenvalue weighted by Gasteiger charge is 2.29. The molecule has 0 aromatic heterocycles. The average Bonchev–Trinajstić information content (AvgIpc) is 3.15. The molecule has 53 heavy (non-hydrogen) atoms. The van der Waals surface area contributed by atoms with Gasteiger partial charge in [-0.2, -0.15) is 0 Å². The molecule has 0 spiro atoms. The third kappa shape index (κ3) is 32.5. The van der Waals surface area contributed by atoms with Gasteiger partial charge in [0.25, 0.3) is 0 Å². The van der Waals surface area contributed by atoms with Crippen LogP contribution in [0.5, 0.6) is 0 Å². The maximum absolute atomic E-state index is 13.0. The summed E-state index contributed by atoms with van der Waals surface area (Å²) in [5.41, 5.74) is 0. The van der Waals surface area contributed by atoms with Crippen LogP contribution in [-0.2, 0) is 27.9 Å². The number of carbonyl (C=O) groups is 2. The molecule has 0 aliphatic carbocycles. The summed E-state index contributed by atoms with van der Waals surface area (Å²) in [6.45, 7) is 1.74. The van der Waals surface area contributed by atoms with E-state index in [0.29, 0.717) is 12.2 Å². The molecule has 5 N–H and O–H groups in total. The van der Waals surface area contributed by atoms with Gasteiger partial charge in [0.05, 0.1) is 19.8 Å². The van der Waals surface area contributed by atoms with Gasteiger partial charge >= 0.3 is 13.8 Å². The number of aliphatic hydroxyl groups is 4. The van der Waals surface area contributed by atoms with Crippen molar-refractivity contribution in [2.45, 2.75) is 193 Å². The Morgan fingerprint density at radius 1 is 0.623 bits per heavy atom. The molecular formula is C41H77O11P. The fourth-order valence-corrected chi connectivity index (χ4v) is 6.85. The Hall–Kier alpha value is -1.43. The second-order valence-corrected chi connectivity index (χ2v) is 15.8. The first-order chi connectivity index (χ1) is 25.6. The number of allylic oxidation sites excluding steroid dienone is 4. The van der Waals surface area contributed by atoms with E-state index in [4.69, 9.17) is 14.4 Å². The summed E-state index contributed by atoms with van der Waals surface area (Å²) in [5.74, 6) is -0.0916. The Balaban J connectivity index is 4.16. The van der Waals surface area contributed by atoms with Gasteiger partial charge in [-0.25, -0.2) is 4.57 Å². The fraction of sp³-hybridized carbons (Fsp3) is 0.854. The zero-order chi connectivity index (χ0) is 39.4. The SMILES string of the molecule is CCCCCCCCCC=CCCC=CC(=O)C(CCCCCC)CCCCCCCCCCC(=O)OC[C@H](CO)OP(=O)(O)OC[C@@H](O)[C@H](O)CO. The first kappa shape index (κ1) is 51.6. The van der Waals surface area contributed by atoms with Crippen LogP contribution in [-0.4, -0.2) is 81.8 Å². The second-order valence-electron chi connectivity index (χ2n) is 14.4. The van der Waals surface area contributed by atoms with E-state index in [1.807, 2.05) is 6.08 Å². The fourth-order valence-electron chi connectivity index (χ4n) is 5.95. The molecule has 0 amide bonds.